The van der Waals surface area contributed by atoms with Gasteiger partial charge in [-0.05, 0) is 43.5 Å². The number of benzene rings is 1. The third-order valence-corrected chi connectivity index (χ3v) is 6.34. The molecule has 2 aliphatic rings. The Hall–Kier alpha value is -1.99. The summed E-state index contributed by atoms with van der Waals surface area (Å²) in [6, 6.07) is 6.85. The summed E-state index contributed by atoms with van der Waals surface area (Å²) in [4.78, 5) is 21.2. The summed E-state index contributed by atoms with van der Waals surface area (Å²) < 4.78 is 19.4. The fraction of sp³-hybridized carbons (Fsp3) is 0.474. The number of hydrogen-bond acceptors (Lipinski definition) is 5. The van der Waals surface area contributed by atoms with E-state index < -0.39 is 0 Å². The second kappa shape index (κ2) is 6.96. The minimum atomic E-state index is -0.223. The maximum atomic E-state index is 13.1. The first-order valence-electron chi connectivity index (χ1n) is 8.86. The number of anilines is 1. The molecular formula is C19H22FN3O2S. The molecule has 2 aromatic rings. The van der Waals surface area contributed by atoms with Crippen LogP contribution in [-0.4, -0.2) is 54.2 Å². The van der Waals surface area contributed by atoms with Crippen molar-refractivity contribution in [1.29, 1.82) is 0 Å². The Balaban J connectivity index is 1.36. The molecule has 0 radical (unpaired) electrons. The highest BCUT2D eigenvalue weighted by Crippen LogP contribution is 2.38. The van der Waals surface area contributed by atoms with Crippen LogP contribution >= 0.6 is 11.3 Å². The fourth-order valence-corrected chi connectivity index (χ4v) is 4.49. The number of aromatic nitrogens is 1. The van der Waals surface area contributed by atoms with E-state index in [2.05, 4.69) is 9.88 Å². The van der Waals surface area contributed by atoms with Crippen molar-refractivity contribution >= 4 is 22.9 Å². The molecule has 1 spiro atoms. The molecule has 0 unspecified atom stereocenters. The fourth-order valence-electron chi connectivity index (χ4n) is 3.90. The number of likely N-dealkylation sites (N-methyl/N-ethyl adjacent to an activating group) is 1. The van der Waals surface area contributed by atoms with Gasteiger partial charge in [0.25, 0.3) is 5.91 Å². The van der Waals surface area contributed by atoms with Crippen molar-refractivity contribution in [1.82, 2.24) is 9.88 Å². The van der Waals surface area contributed by atoms with Crippen molar-refractivity contribution < 1.29 is 13.9 Å². The number of rotatable bonds is 3. The maximum Gasteiger partial charge on any atom is 0.265 e. The number of halogens is 1. The Morgan fingerprint density at radius 3 is 2.73 bits per heavy atom. The number of hydrogen-bond donors (Lipinski definition) is 0. The molecule has 1 atom stereocenters. The Kier molecular flexibility index (Phi) is 4.67. The van der Waals surface area contributed by atoms with E-state index in [0.29, 0.717) is 24.6 Å². The van der Waals surface area contributed by atoms with Crippen LogP contribution in [0, 0.1) is 5.82 Å². The van der Waals surface area contributed by atoms with Crippen LogP contribution in [0.4, 0.5) is 10.1 Å². The van der Waals surface area contributed by atoms with Gasteiger partial charge in [-0.3, -0.25) is 9.78 Å². The van der Waals surface area contributed by atoms with Gasteiger partial charge < -0.3 is 14.5 Å². The van der Waals surface area contributed by atoms with Crippen LogP contribution in [0.2, 0.25) is 0 Å². The third kappa shape index (κ3) is 3.33. The average Bonchev–Trinajstić information content (AvgIpc) is 3.33. The zero-order valence-corrected chi connectivity index (χ0v) is 15.5. The zero-order chi connectivity index (χ0) is 18.1. The standard InChI is InChI=1S/C19H22FN3O2S/c1-22(15-4-2-14(20)3-5-15)16-10-19(25-12-16)6-8-23(9-7-19)18(24)17-11-21-13-26-17/h2-5,11,13,16H,6-10,12H2,1H3/t16-/m0/s1. The molecule has 0 saturated carbocycles. The van der Waals surface area contributed by atoms with Gasteiger partial charge in [-0.25, -0.2) is 4.39 Å². The van der Waals surface area contributed by atoms with Crippen molar-refractivity contribution in [3.63, 3.8) is 0 Å². The largest absolute Gasteiger partial charge is 0.373 e. The first-order valence-corrected chi connectivity index (χ1v) is 9.74. The lowest BCUT2D eigenvalue weighted by atomic mass is 9.87. The van der Waals surface area contributed by atoms with E-state index >= 15 is 0 Å². The lowest BCUT2D eigenvalue weighted by Crippen LogP contribution is -2.46. The number of carbonyl (C=O) groups is 1. The predicted molar refractivity (Wildman–Crippen MR) is 99.1 cm³/mol. The zero-order valence-electron chi connectivity index (χ0n) is 14.7. The Morgan fingerprint density at radius 1 is 1.35 bits per heavy atom. The molecular weight excluding hydrogens is 353 g/mol. The number of thiazole rings is 1. The summed E-state index contributed by atoms with van der Waals surface area (Å²) >= 11 is 1.38. The lowest BCUT2D eigenvalue weighted by molar-refractivity contribution is -0.0387. The van der Waals surface area contributed by atoms with Gasteiger partial charge in [0.15, 0.2) is 0 Å². The van der Waals surface area contributed by atoms with E-state index in [-0.39, 0.29) is 23.4 Å². The van der Waals surface area contributed by atoms with Crippen LogP contribution in [0.5, 0.6) is 0 Å². The van der Waals surface area contributed by atoms with Gasteiger partial charge in [-0.1, -0.05) is 0 Å². The van der Waals surface area contributed by atoms with Gasteiger partial charge in [-0.15, -0.1) is 11.3 Å². The van der Waals surface area contributed by atoms with Gasteiger partial charge in [0.1, 0.15) is 10.7 Å². The first-order chi connectivity index (χ1) is 12.6. The topological polar surface area (TPSA) is 45.7 Å². The Bertz CT molecular complexity index is 758. The monoisotopic (exact) mass is 375 g/mol. The number of nitrogens with zero attached hydrogens (tertiary/aromatic N) is 3. The molecule has 5 nitrogen and oxygen atoms in total. The van der Waals surface area contributed by atoms with Crippen molar-refractivity contribution in [3.05, 3.63) is 46.7 Å². The van der Waals surface area contributed by atoms with Crippen LogP contribution in [-0.2, 0) is 4.74 Å². The highest BCUT2D eigenvalue weighted by molar-refractivity contribution is 7.11. The second-order valence-corrected chi connectivity index (χ2v) is 7.98. The smallest absolute Gasteiger partial charge is 0.265 e. The molecule has 0 bridgehead atoms. The molecule has 2 aliphatic heterocycles. The van der Waals surface area contributed by atoms with Crippen molar-refractivity contribution in [2.24, 2.45) is 0 Å². The molecule has 1 aromatic carbocycles. The second-order valence-electron chi connectivity index (χ2n) is 7.10. The van der Waals surface area contributed by atoms with Gasteiger partial charge in [0.05, 0.1) is 30.0 Å². The lowest BCUT2D eigenvalue weighted by Gasteiger charge is -2.38. The minimum Gasteiger partial charge on any atom is -0.373 e. The summed E-state index contributed by atoms with van der Waals surface area (Å²) in [6.07, 6.45) is 4.27. The summed E-state index contributed by atoms with van der Waals surface area (Å²) in [5.74, 6) is -0.153. The van der Waals surface area contributed by atoms with Gasteiger partial charge >= 0.3 is 0 Å². The highest BCUT2D eigenvalue weighted by atomic mass is 32.1. The van der Waals surface area contributed by atoms with E-state index in [1.807, 2.05) is 11.9 Å². The molecule has 26 heavy (non-hydrogen) atoms. The molecule has 7 heteroatoms. The first kappa shape index (κ1) is 17.4. The van der Waals surface area contributed by atoms with Gasteiger partial charge in [0, 0.05) is 25.8 Å². The number of ether oxygens (including phenoxy) is 1. The van der Waals surface area contributed by atoms with E-state index in [1.54, 1.807) is 23.8 Å². The molecule has 138 valence electrons. The van der Waals surface area contributed by atoms with E-state index in [4.69, 9.17) is 4.74 Å². The summed E-state index contributed by atoms with van der Waals surface area (Å²) in [6.45, 7) is 2.09. The average molecular weight is 375 g/mol. The molecule has 4 rings (SSSR count). The van der Waals surface area contributed by atoms with Crippen LogP contribution in [0.1, 0.15) is 28.9 Å². The summed E-state index contributed by atoms with van der Waals surface area (Å²) in [7, 11) is 2.03. The predicted octanol–water partition coefficient (Wildman–Crippen LogP) is 3.18. The van der Waals surface area contributed by atoms with Gasteiger partial charge in [0.2, 0.25) is 0 Å². The maximum absolute atomic E-state index is 13.1. The Labute approximate surface area is 156 Å². The molecule has 3 heterocycles. The number of likely N-dealkylation sites (tertiary alicyclic amines) is 1. The number of carbonyl (C=O) groups excluding carboxylic acids is 1. The van der Waals surface area contributed by atoms with Crippen LogP contribution in [0.3, 0.4) is 0 Å². The highest BCUT2D eigenvalue weighted by Gasteiger charge is 2.44. The quantitative estimate of drug-likeness (QED) is 0.827. The molecule has 0 aliphatic carbocycles. The van der Waals surface area contributed by atoms with Gasteiger partial charge in [-0.2, -0.15) is 0 Å². The van der Waals surface area contributed by atoms with E-state index in [0.717, 1.165) is 24.9 Å². The van der Waals surface area contributed by atoms with Crippen molar-refractivity contribution in [3.8, 4) is 0 Å². The van der Waals surface area contributed by atoms with Crippen LogP contribution in [0.15, 0.2) is 36.0 Å². The van der Waals surface area contributed by atoms with Crippen molar-refractivity contribution in [2.75, 3.05) is 31.6 Å². The number of amides is 1. The SMILES string of the molecule is CN(c1ccc(F)cc1)[C@@H]1COC2(CCN(C(=O)c3cncs3)CC2)C1. The van der Waals surface area contributed by atoms with E-state index in [9.17, 15) is 9.18 Å². The Morgan fingerprint density at radius 2 is 2.08 bits per heavy atom. The third-order valence-electron chi connectivity index (χ3n) is 5.58. The normalized spacial score (nSPS) is 21.9. The molecule has 2 fully saturated rings. The van der Waals surface area contributed by atoms with Crippen LogP contribution in [0.25, 0.3) is 0 Å². The van der Waals surface area contributed by atoms with Crippen LogP contribution < -0.4 is 4.90 Å². The minimum absolute atomic E-state index is 0.0697. The summed E-state index contributed by atoms with van der Waals surface area (Å²) in [5, 5.41) is 0. The summed E-state index contributed by atoms with van der Waals surface area (Å²) in [5.41, 5.74) is 2.53. The van der Waals surface area contributed by atoms with Crippen molar-refractivity contribution in [2.45, 2.75) is 30.9 Å². The molecule has 2 saturated heterocycles. The molecule has 0 N–H and O–H groups in total. The van der Waals surface area contributed by atoms with E-state index in [1.165, 1.54) is 23.5 Å². The molecule has 1 amide bonds. The number of piperidine rings is 1. The molecule has 1 aromatic heterocycles.